The normalized spacial score (nSPS) is 15.0. The fourth-order valence-electron chi connectivity index (χ4n) is 4.12. The van der Waals surface area contributed by atoms with Gasteiger partial charge in [0.2, 0.25) is 0 Å². The Morgan fingerprint density at radius 3 is 2.39 bits per heavy atom. The van der Waals surface area contributed by atoms with E-state index in [-0.39, 0.29) is 11.4 Å². The Bertz CT molecular complexity index is 1150. The van der Waals surface area contributed by atoms with E-state index in [1.54, 1.807) is 0 Å². The van der Waals surface area contributed by atoms with Crippen molar-refractivity contribution in [1.82, 2.24) is 0 Å². The third-order valence-corrected chi connectivity index (χ3v) is 7.51. The summed E-state index contributed by atoms with van der Waals surface area (Å²) in [6.45, 7) is 9.24. The van der Waals surface area contributed by atoms with Crippen LogP contribution in [0.2, 0.25) is 0 Å². The van der Waals surface area contributed by atoms with Gasteiger partial charge in [-0.1, -0.05) is 58.0 Å². The first-order chi connectivity index (χ1) is 14.8. The number of ether oxygens (including phenoxy) is 1. The van der Waals surface area contributed by atoms with Crippen LogP contribution in [0.4, 0.5) is 0 Å². The van der Waals surface area contributed by atoms with Gasteiger partial charge in [0, 0.05) is 10.7 Å². The highest BCUT2D eigenvalue weighted by molar-refractivity contribution is 8.08. The van der Waals surface area contributed by atoms with Crippen molar-refractivity contribution in [2.24, 2.45) is 5.92 Å². The molecule has 3 aromatic carbocycles. The number of carbonyl (C=O) groups excluding carboxylic acids is 1. The molecular formula is C28H30O2S. The fourth-order valence-corrected chi connectivity index (χ4v) is 5.16. The van der Waals surface area contributed by atoms with Crippen LogP contribution in [0.25, 0.3) is 26.8 Å². The molecule has 31 heavy (non-hydrogen) atoms. The number of hydrogen-bond donors (Lipinski definition) is 0. The molecule has 4 rings (SSSR count). The molecule has 0 atom stereocenters. The van der Waals surface area contributed by atoms with Crippen LogP contribution in [-0.2, 0) is 10.2 Å². The second kappa shape index (κ2) is 8.55. The zero-order valence-corrected chi connectivity index (χ0v) is 19.8. The molecule has 0 unspecified atom stereocenters. The second-order valence-corrected chi connectivity index (χ2v) is 10.5. The first kappa shape index (κ1) is 21.7. The first-order valence-electron chi connectivity index (χ1n) is 10.9. The molecule has 1 aliphatic rings. The maximum atomic E-state index is 11.7. The van der Waals surface area contributed by atoms with E-state index in [1.165, 1.54) is 33.9 Å². The number of esters is 1. The van der Waals surface area contributed by atoms with Gasteiger partial charge in [-0.3, -0.25) is 0 Å². The molecule has 1 aliphatic carbocycles. The lowest BCUT2D eigenvalue weighted by Gasteiger charge is -2.32. The maximum absolute atomic E-state index is 11.7. The number of rotatable bonds is 5. The first-order valence-corrected chi connectivity index (χ1v) is 11.9. The van der Waals surface area contributed by atoms with Gasteiger partial charge in [-0.25, -0.2) is 4.79 Å². The number of thioether (sulfide) groups is 1. The number of allylic oxidation sites excluding steroid dienone is 1. The summed E-state index contributed by atoms with van der Waals surface area (Å²) in [5, 5.41) is 2.53. The zero-order chi connectivity index (χ0) is 22.2. The molecule has 2 nitrogen and oxygen atoms in total. The van der Waals surface area contributed by atoms with Crippen LogP contribution in [0.15, 0.2) is 60.7 Å². The lowest BCUT2D eigenvalue weighted by molar-refractivity contribution is 0.0601. The fraction of sp³-hybridized carbons (Fsp3) is 0.321. The number of methoxy groups -OCH3 is 1. The van der Waals surface area contributed by atoms with Crippen molar-refractivity contribution < 1.29 is 9.53 Å². The highest BCUT2D eigenvalue weighted by Crippen LogP contribution is 2.45. The minimum absolute atomic E-state index is 0.147. The van der Waals surface area contributed by atoms with Crippen LogP contribution in [0.1, 0.15) is 55.6 Å². The summed E-state index contributed by atoms with van der Waals surface area (Å²) >= 11 is 1.98. The van der Waals surface area contributed by atoms with Crippen molar-refractivity contribution in [3.05, 3.63) is 77.4 Å². The Morgan fingerprint density at radius 2 is 1.71 bits per heavy atom. The third-order valence-electron chi connectivity index (χ3n) is 5.98. The number of carbonyl (C=O) groups is 1. The Kier molecular flexibility index (Phi) is 5.98. The van der Waals surface area contributed by atoms with Gasteiger partial charge in [-0.05, 0) is 81.1 Å². The Hall–Kier alpha value is -2.52. The van der Waals surface area contributed by atoms with E-state index in [0.717, 1.165) is 23.3 Å². The van der Waals surface area contributed by atoms with E-state index in [0.29, 0.717) is 11.5 Å². The predicted octanol–water partition coefficient (Wildman–Crippen LogP) is 7.70. The van der Waals surface area contributed by atoms with E-state index in [2.05, 4.69) is 64.1 Å². The number of hydrogen-bond acceptors (Lipinski definition) is 3. The molecule has 0 fully saturated rings. The van der Waals surface area contributed by atoms with Gasteiger partial charge in [0.15, 0.2) is 0 Å². The molecule has 0 spiro atoms. The van der Waals surface area contributed by atoms with Gasteiger partial charge in [0.1, 0.15) is 0 Å². The van der Waals surface area contributed by atoms with Gasteiger partial charge in [0.25, 0.3) is 0 Å². The predicted molar refractivity (Wildman–Crippen MR) is 134 cm³/mol. The lowest BCUT2D eigenvalue weighted by Crippen LogP contribution is -2.21. The molecular weight excluding hydrogens is 400 g/mol. The highest BCUT2D eigenvalue weighted by Gasteiger charge is 2.28. The average molecular weight is 431 g/mol. The molecule has 0 aliphatic heterocycles. The smallest absolute Gasteiger partial charge is 0.337 e. The van der Waals surface area contributed by atoms with Crippen LogP contribution < -0.4 is 0 Å². The van der Waals surface area contributed by atoms with E-state index in [1.807, 2.05) is 36.0 Å². The molecule has 160 valence electrons. The van der Waals surface area contributed by atoms with Crippen LogP contribution >= 0.6 is 11.8 Å². The van der Waals surface area contributed by atoms with Crippen molar-refractivity contribution in [3.63, 3.8) is 0 Å². The molecule has 0 heterocycles. The molecule has 3 aromatic rings. The average Bonchev–Trinajstić information content (AvgIpc) is 2.76. The summed E-state index contributed by atoms with van der Waals surface area (Å²) in [6.07, 6.45) is 3.51. The maximum Gasteiger partial charge on any atom is 0.337 e. The van der Waals surface area contributed by atoms with Gasteiger partial charge in [0.05, 0.1) is 12.7 Å². The van der Waals surface area contributed by atoms with Crippen molar-refractivity contribution in [1.29, 1.82) is 0 Å². The van der Waals surface area contributed by atoms with E-state index in [4.69, 9.17) is 4.74 Å². The van der Waals surface area contributed by atoms with Gasteiger partial charge in [-0.15, -0.1) is 11.8 Å². The van der Waals surface area contributed by atoms with E-state index < -0.39 is 0 Å². The second-order valence-electron chi connectivity index (χ2n) is 9.39. The molecule has 3 heteroatoms. The van der Waals surface area contributed by atoms with Gasteiger partial charge in [-0.2, -0.15) is 0 Å². The molecule has 0 N–H and O–H groups in total. The topological polar surface area (TPSA) is 26.3 Å². The summed E-state index contributed by atoms with van der Waals surface area (Å²) in [6, 6.07) is 19.0. The van der Waals surface area contributed by atoms with Crippen LogP contribution in [0.3, 0.4) is 0 Å². The summed E-state index contributed by atoms with van der Waals surface area (Å²) in [7, 11) is 1.41. The summed E-state index contributed by atoms with van der Waals surface area (Å²) in [5.41, 5.74) is 5.79. The number of benzene rings is 3. The van der Waals surface area contributed by atoms with Crippen LogP contribution in [0, 0.1) is 5.92 Å². The quantitative estimate of drug-likeness (QED) is 0.388. The summed E-state index contributed by atoms with van der Waals surface area (Å²) in [5.74, 6) is 1.50. The molecule has 0 saturated heterocycles. The van der Waals surface area contributed by atoms with E-state index >= 15 is 0 Å². The highest BCUT2D eigenvalue weighted by atomic mass is 32.2. The van der Waals surface area contributed by atoms with E-state index in [9.17, 15) is 4.79 Å². The largest absolute Gasteiger partial charge is 0.465 e. The lowest BCUT2D eigenvalue weighted by atomic mass is 9.75. The van der Waals surface area contributed by atoms with Crippen LogP contribution in [-0.4, -0.2) is 18.8 Å². The summed E-state index contributed by atoms with van der Waals surface area (Å²) < 4.78 is 4.81. The molecule has 0 radical (unpaired) electrons. The standard InChI is InChI=1S/C28H30O2S/c1-18(2)17-31-26-12-13-28(3,4)25-16-22-11-10-21(14-23(22)15-24(25)26)19-6-8-20(9-7-19)27(29)30-5/h6-12,14-16,18H,13,17H2,1-5H3. The van der Waals surface area contributed by atoms with Crippen molar-refractivity contribution >= 4 is 33.4 Å². The summed E-state index contributed by atoms with van der Waals surface area (Å²) in [4.78, 5) is 13.1. The Morgan fingerprint density at radius 1 is 1.00 bits per heavy atom. The molecule has 0 amide bonds. The third kappa shape index (κ3) is 4.43. The molecule has 0 bridgehead atoms. The van der Waals surface area contributed by atoms with Crippen molar-refractivity contribution in [2.45, 2.75) is 39.5 Å². The molecule has 0 aromatic heterocycles. The Balaban J connectivity index is 1.75. The van der Waals surface area contributed by atoms with Gasteiger partial charge >= 0.3 is 5.97 Å². The molecule has 0 saturated carbocycles. The Labute approximate surface area is 189 Å². The van der Waals surface area contributed by atoms with Crippen molar-refractivity contribution in [2.75, 3.05) is 12.9 Å². The van der Waals surface area contributed by atoms with Crippen LogP contribution in [0.5, 0.6) is 0 Å². The van der Waals surface area contributed by atoms with Gasteiger partial charge < -0.3 is 4.74 Å². The van der Waals surface area contributed by atoms with Crippen molar-refractivity contribution in [3.8, 4) is 11.1 Å². The number of fused-ring (bicyclic) bond motifs is 2. The minimum Gasteiger partial charge on any atom is -0.465 e. The zero-order valence-electron chi connectivity index (χ0n) is 19.0. The minimum atomic E-state index is -0.308. The monoisotopic (exact) mass is 430 g/mol. The SMILES string of the molecule is COC(=O)c1ccc(-c2ccc3cc4c(cc3c2)C(SCC(C)C)=CCC4(C)C)cc1.